The molecule has 3 aromatic rings. The summed E-state index contributed by atoms with van der Waals surface area (Å²) in [4.78, 5) is 10.5. The minimum absolute atomic E-state index is 0.119. The number of aliphatic hydroxyl groups excluding tert-OH is 1. The predicted octanol–water partition coefficient (Wildman–Crippen LogP) is 6.09. The van der Waals surface area contributed by atoms with Gasteiger partial charge in [0.1, 0.15) is 5.82 Å². The zero-order chi connectivity index (χ0) is 26.5. The number of aromatic nitrogens is 1. The summed E-state index contributed by atoms with van der Waals surface area (Å²) in [5.41, 5.74) is 2.95. The van der Waals surface area contributed by atoms with Crippen molar-refractivity contribution in [1.82, 2.24) is 4.57 Å². The number of anilines is 1. The number of benzene rings is 2. The third-order valence-electron chi connectivity index (χ3n) is 6.52. The molecular formula is C27H31F3N2O4. The molecule has 1 fully saturated rings. The van der Waals surface area contributed by atoms with Crippen LogP contribution in [-0.2, 0) is 22.2 Å². The second-order valence-electron chi connectivity index (χ2n) is 10.8. The van der Waals surface area contributed by atoms with Gasteiger partial charge in [0, 0.05) is 29.1 Å². The molecule has 5 rings (SSSR count). The van der Waals surface area contributed by atoms with E-state index in [9.17, 15) is 23.1 Å². The Kier molecular flexibility index (Phi) is 6.49. The molecule has 1 saturated carbocycles. The van der Waals surface area contributed by atoms with Crippen LogP contribution in [0, 0.1) is 5.82 Å². The van der Waals surface area contributed by atoms with Crippen LogP contribution in [0.25, 0.3) is 10.9 Å². The van der Waals surface area contributed by atoms with E-state index in [1.54, 1.807) is 25.1 Å². The van der Waals surface area contributed by atoms with E-state index in [0.29, 0.717) is 13.0 Å². The van der Waals surface area contributed by atoms with Crippen LogP contribution < -0.4 is 14.8 Å². The zero-order valence-electron chi connectivity index (χ0n) is 21.0. The summed E-state index contributed by atoms with van der Waals surface area (Å²) in [6, 6.07) is 10.0. The maximum absolute atomic E-state index is 14.0. The van der Waals surface area contributed by atoms with Gasteiger partial charge in [0.25, 0.3) is 0 Å². The maximum Gasteiger partial charge on any atom is 0.586 e. The molecule has 194 valence electrons. The van der Waals surface area contributed by atoms with Crippen molar-refractivity contribution in [2.24, 2.45) is 0 Å². The van der Waals surface area contributed by atoms with E-state index in [2.05, 4.69) is 42.5 Å². The summed E-state index contributed by atoms with van der Waals surface area (Å²) in [7, 11) is 0. The highest BCUT2D eigenvalue weighted by molar-refractivity contribution is 5.87. The Labute approximate surface area is 208 Å². The molecule has 1 aliphatic carbocycles. The Balaban J connectivity index is 0.000000178. The molecule has 0 saturated heterocycles. The van der Waals surface area contributed by atoms with Crippen LogP contribution in [0.1, 0.15) is 58.7 Å². The highest BCUT2D eigenvalue weighted by Crippen LogP contribution is 2.51. The Hall–Kier alpha value is -3.20. The first-order chi connectivity index (χ1) is 16.7. The fourth-order valence-electron chi connectivity index (χ4n) is 4.34. The number of nitrogens with one attached hydrogen (secondary N) is 1. The van der Waals surface area contributed by atoms with Gasteiger partial charge in [0.05, 0.1) is 17.3 Å². The standard InChI is InChI=1S/C16H21FN2O2.C11H10F2O2/c1-10(21)8-19-14-7-12(17)13(18-9-20)5-11(14)6-15(19)16(2,3)4;1-10(4-5-10)7-2-3-8-9(6-7)15-11(12,13)14-8/h5-7,9-10,21H,8H2,1-4H3,(H,18,20);2-3,6H,4-5H2,1H3. The number of nitrogens with zero attached hydrogens (tertiary/aromatic N) is 1. The minimum atomic E-state index is -3.51. The van der Waals surface area contributed by atoms with Gasteiger partial charge in [-0.3, -0.25) is 4.79 Å². The van der Waals surface area contributed by atoms with Crippen molar-refractivity contribution in [3.05, 3.63) is 53.5 Å². The van der Waals surface area contributed by atoms with Gasteiger partial charge in [0.2, 0.25) is 6.41 Å². The zero-order valence-corrected chi connectivity index (χ0v) is 21.0. The van der Waals surface area contributed by atoms with E-state index in [4.69, 9.17) is 0 Å². The molecule has 36 heavy (non-hydrogen) atoms. The third-order valence-corrected chi connectivity index (χ3v) is 6.52. The van der Waals surface area contributed by atoms with Crippen LogP contribution in [0.15, 0.2) is 36.4 Å². The van der Waals surface area contributed by atoms with Crippen molar-refractivity contribution in [2.75, 3.05) is 5.32 Å². The topological polar surface area (TPSA) is 72.7 Å². The van der Waals surface area contributed by atoms with Gasteiger partial charge in [-0.05, 0) is 55.0 Å². The summed E-state index contributed by atoms with van der Waals surface area (Å²) >= 11 is 0. The molecule has 0 spiro atoms. The molecule has 1 unspecified atom stereocenters. The number of hydrogen-bond acceptors (Lipinski definition) is 4. The molecule has 2 N–H and O–H groups in total. The SMILES string of the molecule is CC(O)Cn1c(C(C)(C)C)cc2cc(NC=O)c(F)cc21.CC1(c2ccc3c(c2)OC(F)(F)O3)CC1. The van der Waals surface area contributed by atoms with Crippen LogP contribution in [0.4, 0.5) is 18.9 Å². The number of halogens is 3. The quantitative estimate of drug-likeness (QED) is 0.413. The monoisotopic (exact) mass is 504 g/mol. The molecule has 2 aliphatic rings. The van der Waals surface area contributed by atoms with E-state index in [-0.39, 0.29) is 28.0 Å². The van der Waals surface area contributed by atoms with Crippen molar-refractivity contribution >= 4 is 23.0 Å². The summed E-state index contributed by atoms with van der Waals surface area (Å²) in [5, 5.41) is 12.9. The molecule has 2 aromatic carbocycles. The normalized spacial score (nSPS) is 17.8. The fraction of sp³-hybridized carbons (Fsp3) is 0.444. The summed E-state index contributed by atoms with van der Waals surface area (Å²) in [6.07, 6.45) is -1.38. The van der Waals surface area contributed by atoms with Crippen molar-refractivity contribution in [2.45, 2.75) is 77.2 Å². The lowest BCUT2D eigenvalue weighted by Gasteiger charge is -2.23. The number of fused-ring (bicyclic) bond motifs is 2. The highest BCUT2D eigenvalue weighted by Gasteiger charge is 2.45. The van der Waals surface area contributed by atoms with Gasteiger partial charge < -0.3 is 24.5 Å². The lowest BCUT2D eigenvalue weighted by Crippen LogP contribution is -2.25. The van der Waals surface area contributed by atoms with E-state index in [1.807, 2.05) is 16.7 Å². The number of hydrogen-bond donors (Lipinski definition) is 2. The van der Waals surface area contributed by atoms with Crippen molar-refractivity contribution in [3.63, 3.8) is 0 Å². The van der Waals surface area contributed by atoms with Crippen LogP contribution in [0.3, 0.4) is 0 Å². The molecule has 6 nitrogen and oxygen atoms in total. The first kappa shape index (κ1) is 25.9. The summed E-state index contributed by atoms with van der Waals surface area (Å²) in [6.45, 7) is 10.4. The first-order valence-corrected chi connectivity index (χ1v) is 11.8. The van der Waals surface area contributed by atoms with Gasteiger partial charge in [-0.25, -0.2) is 4.39 Å². The van der Waals surface area contributed by atoms with E-state index < -0.39 is 18.2 Å². The van der Waals surface area contributed by atoms with E-state index in [0.717, 1.165) is 35.0 Å². The molecule has 1 atom stereocenters. The van der Waals surface area contributed by atoms with Crippen molar-refractivity contribution in [3.8, 4) is 11.5 Å². The molecule has 9 heteroatoms. The van der Waals surface area contributed by atoms with Gasteiger partial charge in [-0.15, -0.1) is 8.78 Å². The highest BCUT2D eigenvalue weighted by atomic mass is 19.3. The number of amides is 1. The molecular weight excluding hydrogens is 473 g/mol. The largest absolute Gasteiger partial charge is 0.586 e. The predicted molar refractivity (Wildman–Crippen MR) is 131 cm³/mol. The summed E-state index contributed by atoms with van der Waals surface area (Å²) in [5.74, 6) is -0.223. The molecule has 0 bridgehead atoms. The van der Waals surface area contributed by atoms with Crippen molar-refractivity contribution < 1.29 is 32.5 Å². The number of carbonyl (C=O) groups is 1. The number of aliphatic hydroxyl groups is 1. The molecule has 1 aromatic heterocycles. The van der Waals surface area contributed by atoms with E-state index >= 15 is 0 Å². The average Bonchev–Trinajstić information content (AvgIpc) is 3.29. The Morgan fingerprint density at radius 2 is 1.81 bits per heavy atom. The van der Waals surface area contributed by atoms with Gasteiger partial charge >= 0.3 is 6.29 Å². The number of rotatable bonds is 5. The fourth-order valence-corrected chi connectivity index (χ4v) is 4.34. The molecule has 2 heterocycles. The number of ether oxygens (including phenoxy) is 2. The lowest BCUT2D eigenvalue weighted by atomic mass is 9.92. The van der Waals surface area contributed by atoms with Crippen LogP contribution in [-0.4, -0.2) is 28.5 Å². The number of alkyl halides is 2. The van der Waals surface area contributed by atoms with Crippen LogP contribution in [0.5, 0.6) is 11.5 Å². The Bertz CT molecular complexity index is 1290. The second-order valence-corrected chi connectivity index (χ2v) is 10.8. The Morgan fingerprint density at radius 3 is 2.39 bits per heavy atom. The molecule has 1 amide bonds. The number of carbonyl (C=O) groups excluding carboxylic acids is 1. The smallest absolute Gasteiger partial charge is 0.395 e. The van der Waals surface area contributed by atoms with E-state index in [1.165, 1.54) is 6.07 Å². The van der Waals surface area contributed by atoms with Gasteiger partial charge in [-0.2, -0.15) is 0 Å². The van der Waals surface area contributed by atoms with Crippen LogP contribution >= 0.6 is 0 Å². The van der Waals surface area contributed by atoms with Crippen molar-refractivity contribution in [1.29, 1.82) is 0 Å². The third kappa shape index (κ3) is 5.31. The minimum Gasteiger partial charge on any atom is -0.395 e. The lowest BCUT2D eigenvalue weighted by molar-refractivity contribution is -0.286. The molecule has 0 radical (unpaired) electrons. The molecule has 1 aliphatic heterocycles. The second kappa shape index (κ2) is 9.03. The first-order valence-electron chi connectivity index (χ1n) is 11.8. The van der Waals surface area contributed by atoms with Gasteiger partial charge in [0.15, 0.2) is 11.5 Å². The average molecular weight is 505 g/mol. The summed E-state index contributed by atoms with van der Waals surface area (Å²) < 4.78 is 50.2. The maximum atomic E-state index is 14.0. The van der Waals surface area contributed by atoms with Crippen LogP contribution in [0.2, 0.25) is 0 Å². The van der Waals surface area contributed by atoms with Gasteiger partial charge in [-0.1, -0.05) is 33.8 Å². The Morgan fingerprint density at radius 1 is 1.14 bits per heavy atom.